The number of hydrogen-bond donors (Lipinski definition) is 1. The first-order valence-corrected chi connectivity index (χ1v) is 3.95. The average Bonchev–Trinajstić information content (AvgIpc) is 2.12. The van der Waals surface area contributed by atoms with Gasteiger partial charge in [0, 0.05) is 11.5 Å². The molecule has 0 heterocycles. The fourth-order valence-electron chi connectivity index (χ4n) is 1.16. The maximum atomic E-state index is 9.23. The second-order valence-corrected chi connectivity index (χ2v) is 2.92. The van der Waals surface area contributed by atoms with Crippen LogP contribution in [0.5, 0.6) is 5.75 Å². The molecule has 0 atom stereocenters. The van der Waals surface area contributed by atoms with Crippen LogP contribution in [-0.2, 0) is 0 Å². The van der Waals surface area contributed by atoms with Crippen molar-refractivity contribution in [2.75, 3.05) is 0 Å². The zero-order valence-electron chi connectivity index (χ0n) is 6.21. The number of rotatable bonds is 0. The van der Waals surface area contributed by atoms with Gasteiger partial charge >= 0.3 is 0 Å². The van der Waals surface area contributed by atoms with Gasteiger partial charge in [-0.25, -0.2) is 0 Å². The average molecular weight is 178 g/mol. The Morgan fingerprint density at radius 3 is 2.83 bits per heavy atom. The first-order valence-electron chi connectivity index (χ1n) is 3.57. The van der Waals surface area contributed by atoms with Gasteiger partial charge in [-0.05, 0) is 11.5 Å². The minimum atomic E-state index is 0.00960. The maximum absolute atomic E-state index is 9.23. The summed E-state index contributed by atoms with van der Waals surface area (Å²) in [4.78, 5) is 0. The zero-order chi connectivity index (χ0) is 8.55. The molecule has 0 aromatic heterocycles. The summed E-state index contributed by atoms with van der Waals surface area (Å²) < 4.78 is 0. The van der Waals surface area contributed by atoms with Crippen molar-refractivity contribution >= 4 is 22.4 Å². The largest absolute Gasteiger partial charge is 0.506 e. The van der Waals surface area contributed by atoms with E-state index in [4.69, 9.17) is 11.6 Å². The van der Waals surface area contributed by atoms with E-state index in [2.05, 4.69) is 6.07 Å². The maximum Gasteiger partial charge on any atom is 0.142 e. The van der Waals surface area contributed by atoms with Crippen LogP contribution < -0.4 is 0 Å². The highest BCUT2D eigenvalue weighted by molar-refractivity contribution is 6.36. The lowest BCUT2D eigenvalue weighted by molar-refractivity contribution is 0.475. The normalized spacial score (nSPS) is 10.4. The van der Waals surface area contributed by atoms with Crippen LogP contribution in [0.4, 0.5) is 0 Å². The Labute approximate surface area is 75.2 Å². The van der Waals surface area contributed by atoms with Gasteiger partial charge in [-0.2, -0.15) is 0 Å². The Morgan fingerprint density at radius 1 is 1.25 bits per heavy atom. The predicted molar refractivity (Wildman–Crippen MR) is 49.5 cm³/mol. The van der Waals surface area contributed by atoms with E-state index < -0.39 is 0 Å². The van der Waals surface area contributed by atoms with Gasteiger partial charge in [-0.3, -0.25) is 0 Å². The molecule has 0 saturated carbocycles. The molecule has 1 nitrogen and oxygen atoms in total. The van der Waals surface area contributed by atoms with Crippen molar-refractivity contribution in [3.63, 3.8) is 0 Å². The number of phenols is 1. The lowest BCUT2D eigenvalue weighted by Gasteiger charge is -2.00. The summed E-state index contributed by atoms with van der Waals surface area (Å²) in [5.41, 5.74) is 0. The molecule has 2 heteroatoms. The Balaban J connectivity index is 2.91. The molecule has 2 aromatic rings. The number of aromatic hydroxyl groups is 1. The number of halogens is 1. The molecule has 2 aromatic carbocycles. The highest BCUT2D eigenvalue weighted by Gasteiger charge is 2.02. The molecule has 0 saturated heterocycles. The second kappa shape index (κ2) is 2.68. The number of hydrogen-bond acceptors (Lipinski definition) is 1. The Morgan fingerprint density at radius 2 is 2.00 bits per heavy atom. The molecule has 12 heavy (non-hydrogen) atoms. The highest BCUT2D eigenvalue weighted by Crippen LogP contribution is 2.30. The standard InChI is InChI=1S/C10H6ClO/c11-10-8-4-2-1-3-7(8)5-6-9(10)12/h1-5,12H. The number of phenolic OH excluding ortho intramolecular Hbond substituents is 1. The lowest BCUT2D eigenvalue weighted by atomic mass is 10.1. The number of benzene rings is 2. The molecular weight excluding hydrogens is 172 g/mol. The Bertz CT molecular complexity index is 423. The fraction of sp³-hybridized carbons (Fsp3) is 0. The molecule has 1 radical (unpaired) electrons. The molecule has 0 bridgehead atoms. The third-order valence-corrected chi connectivity index (χ3v) is 2.15. The topological polar surface area (TPSA) is 20.2 Å². The quantitative estimate of drug-likeness (QED) is 0.656. The van der Waals surface area contributed by atoms with Crippen LogP contribution in [-0.4, -0.2) is 5.11 Å². The molecule has 2 rings (SSSR count). The third-order valence-electron chi connectivity index (χ3n) is 1.77. The van der Waals surface area contributed by atoms with Crippen LogP contribution in [0, 0.1) is 6.07 Å². The first-order chi connectivity index (χ1) is 5.79. The fourth-order valence-corrected chi connectivity index (χ4v) is 1.39. The van der Waals surface area contributed by atoms with E-state index in [0.29, 0.717) is 5.02 Å². The molecule has 0 amide bonds. The van der Waals surface area contributed by atoms with Gasteiger partial charge in [0.15, 0.2) is 0 Å². The molecule has 1 N–H and O–H groups in total. The minimum Gasteiger partial charge on any atom is -0.506 e. The smallest absolute Gasteiger partial charge is 0.142 e. The van der Waals surface area contributed by atoms with E-state index >= 15 is 0 Å². The van der Waals surface area contributed by atoms with Gasteiger partial charge < -0.3 is 5.11 Å². The molecule has 0 spiro atoms. The Kier molecular flexibility index (Phi) is 1.66. The van der Waals surface area contributed by atoms with Gasteiger partial charge in [0.05, 0.1) is 5.02 Å². The molecule has 0 aliphatic rings. The summed E-state index contributed by atoms with van der Waals surface area (Å²) in [6.45, 7) is 0. The summed E-state index contributed by atoms with van der Waals surface area (Å²) in [5.74, 6) is 0.00960. The van der Waals surface area contributed by atoms with Crippen molar-refractivity contribution in [2.45, 2.75) is 0 Å². The Hall–Kier alpha value is -1.21. The van der Waals surface area contributed by atoms with E-state index in [1.54, 1.807) is 6.07 Å². The van der Waals surface area contributed by atoms with Gasteiger partial charge in [-0.1, -0.05) is 35.9 Å². The van der Waals surface area contributed by atoms with E-state index in [0.717, 1.165) is 10.8 Å². The van der Waals surface area contributed by atoms with Crippen LogP contribution in [0.2, 0.25) is 5.02 Å². The summed E-state index contributed by atoms with van der Waals surface area (Å²) >= 11 is 5.84. The van der Waals surface area contributed by atoms with Crippen LogP contribution in [0.3, 0.4) is 0 Å². The first kappa shape index (κ1) is 7.44. The van der Waals surface area contributed by atoms with Crippen molar-refractivity contribution in [1.29, 1.82) is 0 Å². The van der Waals surface area contributed by atoms with Gasteiger partial charge in [0.2, 0.25) is 0 Å². The monoisotopic (exact) mass is 177 g/mol. The van der Waals surface area contributed by atoms with E-state index in [9.17, 15) is 5.11 Å². The summed E-state index contributed by atoms with van der Waals surface area (Å²) in [6, 6.07) is 12.0. The van der Waals surface area contributed by atoms with Crippen LogP contribution in [0.1, 0.15) is 0 Å². The molecule has 59 valence electrons. The zero-order valence-corrected chi connectivity index (χ0v) is 6.97. The molecule has 0 aliphatic heterocycles. The predicted octanol–water partition coefficient (Wildman–Crippen LogP) is 3.00. The van der Waals surface area contributed by atoms with Crippen LogP contribution in [0.15, 0.2) is 30.3 Å². The summed E-state index contributed by atoms with van der Waals surface area (Å²) in [5, 5.41) is 11.4. The van der Waals surface area contributed by atoms with Crippen molar-refractivity contribution < 1.29 is 5.11 Å². The van der Waals surface area contributed by atoms with Crippen LogP contribution >= 0.6 is 11.6 Å². The third kappa shape index (κ3) is 1.03. The van der Waals surface area contributed by atoms with E-state index in [1.165, 1.54) is 0 Å². The second-order valence-electron chi connectivity index (χ2n) is 2.54. The lowest BCUT2D eigenvalue weighted by Crippen LogP contribution is -1.74. The van der Waals surface area contributed by atoms with Crippen molar-refractivity contribution in [2.24, 2.45) is 0 Å². The summed E-state index contributed by atoms with van der Waals surface area (Å²) in [7, 11) is 0. The molecule has 0 aliphatic carbocycles. The van der Waals surface area contributed by atoms with Crippen molar-refractivity contribution in [3.8, 4) is 5.75 Å². The molecule has 0 fully saturated rings. The van der Waals surface area contributed by atoms with E-state index in [-0.39, 0.29) is 5.75 Å². The van der Waals surface area contributed by atoms with Crippen molar-refractivity contribution in [1.82, 2.24) is 0 Å². The highest BCUT2D eigenvalue weighted by atomic mass is 35.5. The van der Waals surface area contributed by atoms with Gasteiger partial charge in [0.1, 0.15) is 5.75 Å². The SMILES string of the molecule is Oc1[c]cc2ccccc2c1Cl. The van der Waals surface area contributed by atoms with E-state index in [1.807, 2.05) is 24.3 Å². The van der Waals surface area contributed by atoms with Crippen LogP contribution in [0.25, 0.3) is 10.8 Å². The number of fused-ring (bicyclic) bond motifs is 1. The van der Waals surface area contributed by atoms with Gasteiger partial charge in [0.25, 0.3) is 0 Å². The van der Waals surface area contributed by atoms with Crippen molar-refractivity contribution in [3.05, 3.63) is 41.4 Å². The molecular formula is C10H6ClO. The minimum absolute atomic E-state index is 0.00960. The summed E-state index contributed by atoms with van der Waals surface area (Å²) in [6.07, 6.45) is 0. The molecule has 0 unspecified atom stereocenters. The van der Waals surface area contributed by atoms with Gasteiger partial charge in [-0.15, -0.1) is 0 Å².